The highest BCUT2D eigenvalue weighted by Crippen LogP contribution is 2.27. The Balaban J connectivity index is 1.41. The van der Waals surface area contributed by atoms with Crippen LogP contribution in [0, 0.1) is 6.92 Å². The van der Waals surface area contributed by atoms with E-state index in [1.165, 1.54) is 11.1 Å². The van der Waals surface area contributed by atoms with Gasteiger partial charge in [-0.1, -0.05) is 75.6 Å². The first-order valence-electron chi connectivity index (χ1n) is 14.2. The zero-order valence-electron chi connectivity index (χ0n) is 23.6. The molecule has 0 radical (unpaired) electrons. The Labute approximate surface area is 231 Å². The normalized spacial score (nSPS) is 21.4. The summed E-state index contributed by atoms with van der Waals surface area (Å²) in [5.74, 6) is -0.285. The van der Waals surface area contributed by atoms with E-state index in [1.54, 1.807) is 4.90 Å². The molecule has 1 aliphatic carbocycles. The highest BCUT2D eigenvalue weighted by molar-refractivity contribution is 5.98. The fourth-order valence-electron chi connectivity index (χ4n) is 5.74. The van der Waals surface area contributed by atoms with Crippen molar-refractivity contribution in [2.45, 2.75) is 96.4 Å². The molecule has 3 aromatic rings. The first kappa shape index (κ1) is 27.1. The van der Waals surface area contributed by atoms with Gasteiger partial charge in [0.1, 0.15) is 6.04 Å². The van der Waals surface area contributed by atoms with Crippen molar-refractivity contribution in [2.24, 2.45) is 5.73 Å². The number of imidazole rings is 1. The quantitative estimate of drug-likeness (QED) is 0.511. The van der Waals surface area contributed by atoms with Gasteiger partial charge < -0.3 is 20.5 Å². The Hall–Kier alpha value is -3.45. The minimum Gasteiger partial charge on any atom is -0.350 e. The van der Waals surface area contributed by atoms with E-state index in [9.17, 15) is 9.59 Å². The monoisotopic (exact) mass is 527 g/mol. The van der Waals surface area contributed by atoms with Crippen LogP contribution in [0.2, 0.25) is 0 Å². The number of aromatic nitrogens is 2. The van der Waals surface area contributed by atoms with Crippen molar-refractivity contribution in [3.05, 3.63) is 88.5 Å². The van der Waals surface area contributed by atoms with Gasteiger partial charge >= 0.3 is 0 Å². The Kier molecular flexibility index (Phi) is 7.63. The summed E-state index contributed by atoms with van der Waals surface area (Å²) in [6.45, 7) is 9.62. The average molecular weight is 528 g/mol. The number of fused-ring (bicyclic) bond motifs is 1. The molecule has 39 heavy (non-hydrogen) atoms. The molecular formula is C32H41N5O2. The van der Waals surface area contributed by atoms with Crippen molar-refractivity contribution < 1.29 is 9.59 Å². The Morgan fingerprint density at radius 3 is 2.38 bits per heavy atom. The molecule has 0 saturated heterocycles. The Bertz CT molecular complexity index is 1320. The molecule has 7 nitrogen and oxygen atoms in total. The molecule has 3 N–H and O–H groups in total. The summed E-state index contributed by atoms with van der Waals surface area (Å²) < 4.78 is 2.11. The van der Waals surface area contributed by atoms with E-state index in [0.29, 0.717) is 25.1 Å². The second kappa shape index (κ2) is 11.0. The SMILES string of the molecule is Cc1ccc(C(=O)N2Cc3c(ncn3Cc3ccc(C(C)(C)C)cc3)CC2C(=O)NC2CCCCC2N)cc1. The van der Waals surface area contributed by atoms with E-state index in [-0.39, 0.29) is 29.3 Å². The molecule has 1 aromatic heterocycles. The Morgan fingerprint density at radius 2 is 1.72 bits per heavy atom. The van der Waals surface area contributed by atoms with E-state index in [1.807, 2.05) is 37.5 Å². The summed E-state index contributed by atoms with van der Waals surface area (Å²) in [5.41, 5.74) is 12.4. The highest BCUT2D eigenvalue weighted by atomic mass is 16.2. The summed E-state index contributed by atoms with van der Waals surface area (Å²) in [6, 6.07) is 15.5. The number of carbonyl (C=O) groups excluding carboxylic acids is 2. The molecule has 0 bridgehead atoms. The number of nitrogens with zero attached hydrogens (tertiary/aromatic N) is 3. The smallest absolute Gasteiger partial charge is 0.254 e. The summed E-state index contributed by atoms with van der Waals surface area (Å²) in [7, 11) is 0. The van der Waals surface area contributed by atoms with Crippen molar-refractivity contribution in [1.82, 2.24) is 19.8 Å². The number of hydrogen-bond acceptors (Lipinski definition) is 4. The molecule has 3 unspecified atom stereocenters. The van der Waals surface area contributed by atoms with Gasteiger partial charge in [0.2, 0.25) is 5.91 Å². The van der Waals surface area contributed by atoms with E-state index < -0.39 is 6.04 Å². The van der Waals surface area contributed by atoms with Crippen LogP contribution in [-0.4, -0.2) is 44.4 Å². The van der Waals surface area contributed by atoms with E-state index in [4.69, 9.17) is 10.7 Å². The molecule has 0 spiro atoms. The minimum absolute atomic E-state index is 0.0491. The third-order valence-corrected chi connectivity index (χ3v) is 8.30. The topological polar surface area (TPSA) is 93.2 Å². The number of hydrogen-bond donors (Lipinski definition) is 2. The maximum atomic E-state index is 13.8. The van der Waals surface area contributed by atoms with Crippen molar-refractivity contribution in [3.8, 4) is 0 Å². The Morgan fingerprint density at radius 1 is 1.03 bits per heavy atom. The lowest BCUT2D eigenvalue weighted by Gasteiger charge is -2.37. The van der Waals surface area contributed by atoms with Gasteiger partial charge in [-0.15, -0.1) is 0 Å². The lowest BCUT2D eigenvalue weighted by Crippen LogP contribution is -2.57. The zero-order valence-corrected chi connectivity index (χ0v) is 23.6. The average Bonchev–Trinajstić information content (AvgIpc) is 3.30. The summed E-state index contributed by atoms with van der Waals surface area (Å²) in [5, 5.41) is 3.19. The third kappa shape index (κ3) is 5.93. The fourth-order valence-corrected chi connectivity index (χ4v) is 5.74. The van der Waals surface area contributed by atoms with Gasteiger partial charge in [0.05, 0.1) is 24.3 Å². The molecule has 3 atom stereocenters. The van der Waals surface area contributed by atoms with Gasteiger partial charge in [-0.25, -0.2) is 4.98 Å². The maximum absolute atomic E-state index is 13.8. The van der Waals surface area contributed by atoms with Gasteiger partial charge in [0.15, 0.2) is 0 Å². The lowest BCUT2D eigenvalue weighted by molar-refractivity contribution is -0.127. The molecule has 2 amide bonds. The standard InChI is InChI=1S/C32H41N5O2/c1-21-9-13-23(14-10-21)31(39)37-19-29-27(17-28(37)30(38)35-26-8-6-5-7-25(26)33)34-20-36(29)18-22-11-15-24(16-12-22)32(2,3)4/h9-16,20,25-26,28H,5-8,17-19,33H2,1-4H3,(H,35,38). The van der Waals surface area contributed by atoms with Crippen molar-refractivity contribution in [1.29, 1.82) is 0 Å². The highest BCUT2D eigenvalue weighted by Gasteiger charge is 2.38. The van der Waals surface area contributed by atoms with E-state index >= 15 is 0 Å². The van der Waals surface area contributed by atoms with E-state index in [0.717, 1.165) is 42.6 Å². The summed E-state index contributed by atoms with van der Waals surface area (Å²) >= 11 is 0. The fraction of sp³-hybridized carbons (Fsp3) is 0.469. The van der Waals surface area contributed by atoms with Gasteiger partial charge in [-0.2, -0.15) is 0 Å². The second-order valence-electron chi connectivity index (χ2n) is 12.3. The van der Waals surface area contributed by atoms with Crippen LogP contribution in [0.15, 0.2) is 54.9 Å². The number of rotatable bonds is 5. The van der Waals surface area contributed by atoms with Crippen LogP contribution < -0.4 is 11.1 Å². The number of carbonyl (C=O) groups is 2. The lowest BCUT2D eigenvalue weighted by atomic mass is 9.87. The summed E-state index contributed by atoms with van der Waals surface area (Å²) in [4.78, 5) is 33.9. The molecule has 5 rings (SSSR count). The first-order chi connectivity index (χ1) is 18.6. The minimum atomic E-state index is -0.630. The van der Waals surface area contributed by atoms with Crippen LogP contribution in [-0.2, 0) is 29.7 Å². The number of nitrogens with one attached hydrogen (secondary N) is 1. The predicted octanol–water partition coefficient (Wildman–Crippen LogP) is 4.49. The van der Waals surface area contributed by atoms with Crippen molar-refractivity contribution in [2.75, 3.05) is 0 Å². The largest absolute Gasteiger partial charge is 0.350 e. The number of aryl methyl sites for hydroxylation is 1. The van der Waals surface area contributed by atoms with Crippen LogP contribution in [0.1, 0.15) is 84.9 Å². The van der Waals surface area contributed by atoms with Crippen LogP contribution in [0.3, 0.4) is 0 Å². The van der Waals surface area contributed by atoms with Crippen LogP contribution in [0.25, 0.3) is 0 Å². The zero-order chi connectivity index (χ0) is 27.7. The number of nitrogens with two attached hydrogens (primary N) is 1. The molecule has 1 aliphatic heterocycles. The molecule has 1 saturated carbocycles. The third-order valence-electron chi connectivity index (χ3n) is 8.30. The van der Waals surface area contributed by atoms with Gasteiger partial charge in [0, 0.05) is 30.6 Å². The van der Waals surface area contributed by atoms with Gasteiger partial charge in [-0.05, 0) is 48.4 Å². The van der Waals surface area contributed by atoms with Crippen LogP contribution >= 0.6 is 0 Å². The molecule has 206 valence electrons. The molecule has 2 aliphatic rings. The first-order valence-corrected chi connectivity index (χ1v) is 14.2. The van der Waals surface area contributed by atoms with Crippen LogP contribution in [0.4, 0.5) is 0 Å². The maximum Gasteiger partial charge on any atom is 0.254 e. The van der Waals surface area contributed by atoms with Crippen molar-refractivity contribution in [3.63, 3.8) is 0 Å². The molecule has 1 fully saturated rings. The van der Waals surface area contributed by atoms with Gasteiger partial charge in [-0.3, -0.25) is 9.59 Å². The van der Waals surface area contributed by atoms with Gasteiger partial charge in [0.25, 0.3) is 5.91 Å². The molecule has 2 heterocycles. The number of amides is 2. The predicted molar refractivity (Wildman–Crippen MR) is 153 cm³/mol. The second-order valence-corrected chi connectivity index (χ2v) is 12.3. The molecule has 2 aromatic carbocycles. The van der Waals surface area contributed by atoms with Crippen molar-refractivity contribution >= 4 is 11.8 Å². The summed E-state index contributed by atoms with van der Waals surface area (Å²) in [6.07, 6.45) is 6.16. The molecule has 7 heteroatoms. The number of benzene rings is 2. The van der Waals surface area contributed by atoms with E-state index in [2.05, 4.69) is 54.9 Å². The molecular weight excluding hydrogens is 486 g/mol. The van der Waals surface area contributed by atoms with Crippen LogP contribution in [0.5, 0.6) is 0 Å².